The molecule has 4 nitrogen and oxygen atoms in total. The third-order valence-electron chi connectivity index (χ3n) is 4.85. The monoisotopic (exact) mass is 262 g/mol. The van der Waals surface area contributed by atoms with E-state index in [2.05, 4.69) is 28.9 Å². The Bertz CT molecular complexity index is 420. The lowest BCUT2D eigenvalue weighted by Crippen LogP contribution is -2.41. The summed E-state index contributed by atoms with van der Waals surface area (Å²) >= 11 is 0. The first-order valence-corrected chi connectivity index (χ1v) is 7.70. The van der Waals surface area contributed by atoms with E-state index in [1.807, 2.05) is 11.7 Å². The minimum atomic E-state index is 0.690. The van der Waals surface area contributed by atoms with E-state index in [9.17, 15) is 0 Å². The van der Waals surface area contributed by atoms with Crippen LogP contribution < -0.4 is 10.6 Å². The van der Waals surface area contributed by atoms with Crippen molar-refractivity contribution in [1.29, 1.82) is 0 Å². The highest BCUT2D eigenvalue weighted by molar-refractivity contribution is 5.15. The van der Waals surface area contributed by atoms with Crippen LogP contribution in [0.5, 0.6) is 0 Å². The van der Waals surface area contributed by atoms with Crippen LogP contribution >= 0.6 is 0 Å². The second-order valence-electron chi connectivity index (χ2n) is 6.20. The minimum absolute atomic E-state index is 0.690. The Labute approximate surface area is 116 Å². The quantitative estimate of drug-likeness (QED) is 0.868. The van der Waals surface area contributed by atoms with Gasteiger partial charge in [0.05, 0.1) is 5.69 Å². The molecule has 3 rings (SSSR count). The van der Waals surface area contributed by atoms with Crippen LogP contribution in [0.1, 0.15) is 43.4 Å². The summed E-state index contributed by atoms with van der Waals surface area (Å²) in [4.78, 5) is 0. The molecule has 2 heterocycles. The summed E-state index contributed by atoms with van der Waals surface area (Å²) in [6, 6.07) is 1.45. The summed E-state index contributed by atoms with van der Waals surface area (Å²) < 4.78 is 1.91. The molecule has 1 aliphatic heterocycles. The fraction of sp³-hybridized carbons (Fsp3) is 0.800. The first kappa shape index (κ1) is 13.1. The second-order valence-corrected chi connectivity index (χ2v) is 6.20. The minimum Gasteiger partial charge on any atom is -0.314 e. The molecule has 1 saturated heterocycles. The van der Waals surface area contributed by atoms with Crippen LogP contribution in [0.3, 0.4) is 0 Å². The lowest BCUT2D eigenvalue weighted by molar-refractivity contribution is 0.320. The molecule has 3 atom stereocenters. The molecule has 0 bridgehead atoms. The van der Waals surface area contributed by atoms with E-state index in [4.69, 9.17) is 0 Å². The van der Waals surface area contributed by atoms with Crippen molar-refractivity contribution >= 4 is 0 Å². The van der Waals surface area contributed by atoms with Crippen molar-refractivity contribution in [2.24, 2.45) is 13.0 Å². The summed E-state index contributed by atoms with van der Waals surface area (Å²) in [6.45, 7) is 4.28. The number of aryl methyl sites for hydroxylation is 2. The van der Waals surface area contributed by atoms with Crippen molar-refractivity contribution in [3.8, 4) is 0 Å². The molecule has 1 saturated carbocycles. The van der Waals surface area contributed by atoms with E-state index in [-0.39, 0.29) is 0 Å². The van der Waals surface area contributed by atoms with Crippen molar-refractivity contribution in [3.05, 3.63) is 17.5 Å². The largest absolute Gasteiger partial charge is 0.314 e. The van der Waals surface area contributed by atoms with Gasteiger partial charge in [-0.2, -0.15) is 5.10 Å². The van der Waals surface area contributed by atoms with Gasteiger partial charge >= 0.3 is 0 Å². The average molecular weight is 262 g/mol. The molecular weight excluding hydrogens is 236 g/mol. The highest BCUT2D eigenvalue weighted by Gasteiger charge is 2.34. The number of aromatic nitrogens is 2. The Hall–Kier alpha value is -0.870. The van der Waals surface area contributed by atoms with Crippen LogP contribution in [0.15, 0.2) is 6.20 Å². The summed E-state index contributed by atoms with van der Waals surface area (Å²) in [5, 5.41) is 11.9. The molecule has 3 unspecified atom stereocenters. The van der Waals surface area contributed by atoms with E-state index in [1.165, 1.54) is 44.2 Å². The van der Waals surface area contributed by atoms with Crippen molar-refractivity contribution in [2.45, 2.75) is 57.7 Å². The number of rotatable bonds is 4. The lowest BCUT2D eigenvalue weighted by atomic mass is 9.93. The molecule has 0 radical (unpaired) electrons. The van der Waals surface area contributed by atoms with E-state index < -0.39 is 0 Å². The number of nitrogens with zero attached hydrogens (tertiary/aromatic N) is 2. The summed E-state index contributed by atoms with van der Waals surface area (Å²) in [6.07, 6.45) is 8.97. The predicted octanol–water partition coefficient (Wildman–Crippen LogP) is 1.74. The van der Waals surface area contributed by atoms with Crippen molar-refractivity contribution in [3.63, 3.8) is 0 Å². The predicted molar refractivity (Wildman–Crippen MR) is 76.9 cm³/mol. The Kier molecular flexibility index (Phi) is 3.89. The molecule has 0 amide bonds. The molecule has 1 aromatic heterocycles. The van der Waals surface area contributed by atoms with Crippen molar-refractivity contribution in [1.82, 2.24) is 20.4 Å². The van der Waals surface area contributed by atoms with Crippen molar-refractivity contribution < 1.29 is 0 Å². The zero-order valence-electron chi connectivity index (χ0n) is 12.2. The second kappa shape index (κ2) is 5.63. The van der Waals surface area contributed by atoms with Gasteiger partial charge in [0.1, 0.15) is 0 Å². The maximum absolute atomic E-state index is 4.42. The van der Waals surface area contributed by atoms with E-state index in [1.54, 1.807) is 0 Å². The Morgan fingerprint density at radius 3 is 2.95 bits per heavy atom. The van der Waals surface area contributed by atoms with E-state index in [0.29, 0.717) is 6.04 Å². The Balaban J connectivity index is 1.58. The van der Waals surface area contributed by atoms with Gasteiger partial charge in [0.25, 0.3) is 0 Å². The van der Waals surface area contributed by atoms with E-state index in [0.717, 1.165) is 24.2 Å². The van der Waals surface area contributed by atoms with Crippen LogP contribution in [0.25, 0.3) is 0 Å². The van der Waals surface area contributed by atoms with Crippen LogP contribution in [-0.2, 0) is 13.6 Å². The number of nitrogens with one attached hydrogen (secondary N) is 2. The zero-order valence-corrected chi connectivity index (χ0v) is 12.2. The fourth-order valence-corrected chi connectivity index (χ4v) is 3.86. The molecule has 1 aromatic rings. The molecule has 0 spiro atoms. The molecule has 19 heavy (non-hydrogen) atoms. The molecule has 1 aliphatic carbocycles. The maximum atomic E-state index is 4.42. The summed E-state index contributed by atoms with van der Waals surface area (Å²) in [5.41, 5.74) is 2.50. The molecule has 2 N–H and O–H groups in total. The van der Waals surface area contributed by atoms with Crippen LogP contribution in [-0.4, -0.2) is 28.4 Å². The van der Waals surface area contributed by atoms with Gasteiger partial charge in [-0.3, -0.25) is 4.68 Å². The standard InChI is InChI=1S/C15H26N4/c1-11-12(10-19(2)18-11)9-17-15-6-3-5-13(15)14-7-4-8-16-14/h10,13-17H,3-9H2,1-2H3. The summed E-state index contributed by atoms with van der Waals surface area (Å²) in [7, 11) is 2.00. The maximum Gasteiger partial charge on any atom is 0.0638 e. The van der Waals surface area contributed by atoms with E-state index >= 15 is 0 Å². The van der Waals surface area contributed by atoms with Crippen LogP contribution in [0.2, 0.25) is 0 Å². The Morgan fingerprint density at radius 2 is 2.26 bits per heavy atom. The highest BCUT2D eigenvalue weighted by atomic mass is 15.3. The van der Waals surface area contributed by atoms with Gasteiger partial charge in [-0.15, -0.1) is 0 Å². The number of hydrogen-bond donors (Lipinski definition) is 2. The van der Waals surface area contributed by atoms with Gasteiger partial charge in [-0.05, 0) is 45.1 Å². The van der Waals surface area contributed by atoms with Gasteiger partial charge in [0.15, 0.2) is 0 Å². The Morgan fingerprint density at radius 1 is 1.37 bits per heavy atom. The highest BCUT2D eigenvalue weighted by Crippen LogP contribution is 2.32. The fourth-order valence-electron chi connectivity index (χ4n) is 3.86. The van der Waals surface area contributed by atoms with Crippen molar-refractivity contribution in [2.75, 3.05) is 6.54 Å². The first-order valence-electron chi connectivity index (χ1n) is 7.70. The third kappa shape index (κ3) is 2.84. The SMILES string of the molecule is Cc1nn(C)cc1CNC1CCCC1C1CCCN1. The molecule has 106 valence electrons. The normalized spacial score (nSPS) is 31.2. The molecule has 2 fully saturated rings. The topological polar surface area (TPSA) is 41.9 Å². The molecular formula is C15H26N4. The van der Waals surface area contributed by atoms with Gasteiger partial charge in [-0.25, -0.2) is 0 Å². The zero-order chi connectivity index (χ0) is 13.2. The first-order chi connectivity index (χ1) is 9.24. The summed E-state index contributed by atoms with van der Waals surface area (Å²) in [5.74, 6) is 0.833. The molecule has 2 aliphatic rings. The average Bonchev–Trinajstić information content (AvgIpc) is 3.07. The van der Waals surface area contributed by atoms with Crippen LogP contribution in [0, 0.1) is 12.8 Å². The molecule has 4 heteroatoms. The molecule has 0 aromatic carbocycles. The smallest absolute Gasteiger partial charge is 0.0638 e. The van der Waals surface area contributed by atoms with Crippen LogP contribution in [0.4, 0.5) is 0 Å². The van der Waals surface area contributed by atoms with Gasteiger partial charge in [0.2, 0.25) is 0 Å². The van der Waals surface area contributed by atoms with Gasteiger partial charge < -0.3 is 10.6 Å². The van der Waals surface area contributed by atoms with Gasteiger partial charge in [0, 0.05) is 37.4 Å². The lowest BCUT2D eigenvalue weighted by Gasteiger charge is -2.26. The van der Waals surface area contributed by atoms with Gasteiger partial charge in [-0.1, -0.05) is 6.42 Å². The third-order valence-corrected chi connectivity index (χ3v) is 4.85. The number of hydrogen-bond acceptors (Lipinski definition) is 3.